The van der Waals surface area contributed by atoms with Gasteiger partial charge in [0.05, 0.1) is 11.1 Å². The first kappa shape index (κ1) is 28.1. The van der Waals surface area contributed by atoms with E-state index in [0.29, 0.717) is 11.8 Å². The molecule has 0 bridgehead atoms. The molecule has 4 aromatic carbocycles. The van der Waals surface area contributed by atoms with Crippen LogP contribution in [0, 0.1) is 17.3 Å². The summed E-state index contributed by atoms with van der Waals surface area (Å²) in [5.41, 5.74) is 3.64. The van der Waals surface area contributed by atoms with Gasteiger partial charge in [0.15, 0.2) is 0 Å². The minimum atomic E-state index is -4.29. The standard InChI is InChI=1S/C36H36F3NS/c1-20(2)14-22-10-11-26-25(16-22)17-29-33-32-27(12-13-40-33)31-23(18-30(32)41-34(29)28(26)15-21(3)4)8-7-9-24(31)19-35(5,6)36(37,38)39/h7-13,16-18,20-21H,14-15,19H2,1-6H3. The van der Waals surface area contributed by atoms with Crippen LogP contribution < -0.4 is 0 Å². The highest BCUT2D eigenvalue weighted by Crippen LogP contribution is 2.53. The molecule has 0 aliphatic carbocycles. The van der Waals surface area contributed by atoms with Crippen LogP contribution in [0.1, 0.15) is 58.2 Å². The molecule has 1 nitrogen and oxygen atoms in total. The minimum absolute atomic E-state index is 0.0779. The van der Waals surface area contributed by atoms with Crippen molar-refractivity contribution in [2.24, 2.45) is 17.3 Å². The quantitative estimate of drug-likeness (QED) is 0.184. The number of pyridine rings is 1. The highest BCUT2D eigenvalue weighted by atomic mass is 32.2. The molecule has 0 unspecified atom stereocenters. The summed E-state index contributed by atoms with van der Waals surface area (Å²) >= 11 is 1.79. The predicted molar refractivity (Wildman–Crippen MR) is 167 cm³/mol. The third-order valence-electron chi connectivity index (χ3n) is 8.32. The Labute approximate surface area is 244 Å². The van der Waals surface area contributed by atoms with Gasteiger partial charge in [0.2, 0.25) is 0 Å². The molecule has 0 atom stereocenters. The van der Waals surface area contributed by atoms with Gasteiger partial charge in [0.25, 0.3) is 0 Å². The van der Waals surface area contributed by atoms with Gasteiger partial charge in [-0.2, -0.15) is 13.2 Å². The Kier molecular flexibility index (Phi) is 6.88. The zero-order valence-corrected chi connectivity index (χ0v) is 25.4. The van der Waals surface area contributed by atoms with Crippen LogP contribution >= 0.6 is 11.8 Å². The molecule has 0 spiro atoms. The van der Waals surface area contributed by atoms with Crippen LogP contribution in [0.4, 0.5) is 13.2 Å². The Hall–Kier alpha value is -3.05. The first-order chi connectivity index (χ1) is 19.3. The molecule has 0 radical (unpaired) electrons. The first-order valence-corrected chi connectivity index (χ1v) is 15.3. The molecular formula is C36H36F3NS. The molecule has 0 saturated carbocycles. The largest absolute Gasteiger partial charge is 0.394 e. The number of hydrogen-bond acceptors (Lipinski definition) is 2. The number of benzene rings is 4. The lowest BCUT2D eigenvalue weighted by atomic mass is 9.82. The third kappa shape index (κ3) is 4.90. The van der Waals surface area contributed by atoms with Crippen molar-refractivity contribution in [1.29, 1.82) is 0 Å². The van der Waals surface area contributed by atoms with E-state index in [2.05, 4.69) is 58.0 Å². The van der Waals surface area contributed by atoms with Gasteiger partial charge in [-0.15, -0.1) is 0 Å². The van der Waals surface area contributed by atoms with Gasteiger partial charge in [0.1, 0.15) is 0 Å². The van der Waals surface area contributed by atoms with Gasteiger partial charge in [-0.1, -0.05) is 89.7 Å². The fraction of sp³-hybridized carbons (Fsp3) is 0.361. The average molecular weight is 572 g/mol. The van der Waals surface area contributed by atoms with E-state index in [-0.39, 0.29) is 6.42 Å². The van der Waals surface area contributed by atoms with Crippen molar-refractivity contribution in [3.63, 3.8) is 0 Å². The molecule has 1 aliphatic rings. The van der Waals surface area contributed by atoms with Crippen molar-refractivity contribution in [3.8, 4) is 11.3 Å². The van der Waals surface area contributed by atoms with Crippen molar-refractivity contribution < 1.29 is 13.2 Å². The maximum Gasteiger partial charge on any atom is 0.394 e. The maximum absolute atomic E-state index is 13.9. The molecule has 1 aliphatic heterocycles. The number of fused-ring (bicyclic) bond motifs is 5. The summed E-state index contributed by atoms with van der Waals surface area (Å²) in [5, 5.41) is 6.43. The second-order valence-corrected chi connectivity index (χ2v) is 14.2. The number of hydrogen-bond donors (Lipinski definition) is 0. The lowest BCUT2D eigenvalue weighted by Crippen LogP contribution is -2.34. The lowest BCUT2D eigenvalue weighted by Gasteiger charge is -2.29. The molecule has 2 heterocycles. The van der Waals surface area contributed by atoms with E-state index in [1.54, 1.807) is 11.8 Å². The van der Waals surface area contributed by atoms with Crippen molar-refractivity contribution >= 4 is 44.1 Å². The van der Waals surface area contributed by atoms with Gasteiger partial charge in [0, 0.05) is 26.9 Å². The fourth-order valence-corrected chi connectivity index (χ4v) is 7.63. The number of nitrogens with zero attached hydrogens (tertiary/aromatic N) is 1. The molecule has 5 aromatic rings. The smallest absolute Gasteiger partial charge is 0.256 e. The Bertz CT molecular complexity index is 1810. The highest BCUT2D eigenvalue weighted by molar-refractivity contribution is 8.00. The zero-order valence-electron chi connectivity index (χ0n) is 24.5. The SMILES string of the molecule is CC(C)Cc1ccc2c(CC(C)C)c3c(cc2c1)-c1nccc2c1c(cc1cccc(CC(C)(C)C(F)(F)F)c12)S3. The summed E-state index contributed by atoms with van der Waals surface area (Å²) < 4.78 is 41.8. The topological polar surface area (TPSA) is 12.9 Å². The van der Waals surface area contributed by atoms with E-state index >= 15 is 0 Å². The second-order valence-electron chi connectivity index (χ2n) is 13.1. The van der Waals surface area contributed by atoms with Crippen molar-refractivity contribution in [3.05, 3.63) is 77.5 Å². The van der Waals surface area contributed by atoms with Gasteiger partial charge >= 0.3 is 6.18 Å². The molecule has 6 rings (SSSR count). The van der Waals surface area contributed by atoms with Crippen LogP contribution in [0.15, 0.2) is 70.6 Å². The molecule has 0 N–H and O–H groups in total. The number of halogens is 3. The van der Waals surface area contributed by atoms with Crippen LogP contribution in [0.25, 0.3) is 43.6 Å². The highest BCUT2D eigenvalue weighted by Gasteiger charge is 2.47. The molecule has 41 heavy (non-hydrogen) atoms. The average Bonchev–Trinajstić information content (AvgIpc) is 2.87. The number of rotatable bonds is 6. The monoisotopic (exact) mass is 571 g/mol. The van der Waals surface area contributed by atoms with E-state index in [4.69, 9.17) is 4.98 Å². The molecule has 212 valence electrons. The lowest BCUT2D eigenvalue weighted by molar-refractivity contribution is -0.210. The minimum Gasteiger partial charge on any atom is -0.256 e. The first-order valence-electron chi connectivity index (χ1n) is 14.5. The Morgan fingerprint density at radius 1 is 0.805 bits per heavy atom. The zero-order chi connectivity index (χ0) is 29.3. The predicted octanol–water partition coefficient (Wildman–Crippen LogP) is 11.2. The van der Waals surface area contributed by atoms with Gasteiger partial charge < -0.3 is 0 Å². The van der Waals surface area contributed by atoms with E-state index in [1.165, 1.54) is 40.6 Å². The summed E-state index contributed by atoms with van der Waals surface area (Å²) in [5.74, 6) is 1.06. The molecule has 0 saturated heterocycles. The maximum atomic E-state index is 13.9. The van der Waals surface area contributed by atoms with E-state index < -0.39 is 11.6 Å². The Morgan fingerprint density at radius 2 is 1.56 bits per heavy atom. The second kappa shape index (κ2) is 10.0. The van der Waals surface area contributed by atoms with Crippen LogP contribution in [-0.4, -0.2) is 11.2 Å². The third-order valence-corrected chi connectivity index (χ3v) is 9.53. The fourth-order valence-electron chi connectivity index (χ4n) is 6.33. The summed E-state index contributed by atoms with van der Waals surface area (Å²) in [7, 11) is 0. The summed E-state index contributed by atoms with van der Waals surface area (Å²) in [6, 6.07) is 19.1. The molecule has 0 amide bonds. The van der Waals surface area contributed by atoms with Crippen LogP contribution in [0.3, 0.4) is 0 Å². The van der Waals surface area contributed by atoms with Gasteiger partial charge in [-0.25, -0.2) is 0 Å². The summed E-state index contributed by atoms with van der Waals surface area (Å²) in [6.45, 7) is 11.6. The number of aromatic nitrogens is 1. The molecular weight excluding hydrogens is 535 g/mol. The van der Waals surface area contributed by atoms with Crippen molar-refractivity contribution in [2.45, 2.75) is 76.8 Å². The Balaban J connectivity index is 1.63. The van der Waals surface area contributed by atoms with Crippen LogP contribution in [0.2, 0.25) is 0 Å². The molecule has 5 heteroatoms. The molecule has 0 fully saturated rings. The summed E-state index contributed by atoms with van der Waals surface area (Å²) in [4.78, 5) is 7.31. The van der Waals surface area contributed by atoms with E-state index in [1.807, 2.05) is 30.5 Å². The summed E-state index contributed by atoms with van der Waals surface area (Å²) in [6.07, 6.45) is -0.549. The van der Waals surface area contributed by atoms with Crippen molar-refractivity contribution in [2.75, 3.05) is 0 Å². The van der Waals surface area contributed by atoms with Crippen molar-refractivity contribution in [1.82, 2.24) is 4.98 Å². The Morgan fingerprint density at radius 3 is 2.27 bits per heavy atom. The van der Waals surface area contributed by atoms with Crippen LogP contribution in [0.5, 0.6) is 0 Å². The van der Waals surface area contributed by atoms with E-state index in [0.717, 1.165) is 56.1 Å². The van der Waals surface area contributed by atoms with Gasteiger partial charge in [-0.3, -0.25) is 4.98 Å². The number of alkyl halides is 3. The van der Waals surface area contributed by atoms with Crippen LogP contribution in [-0.2, 0) is 19.3 Å². The van der Waals surface area contributed by atoms with E-state index in [9.17, 15) is 13.2 Å². The molecule has 1 aromatic heterocycles. The van der Waals surface area contributed by atoms with Gasteiger partial charge in [-0.05, 0) is 92.9 Å². The normalized spacial score (nSPS) is 13.6.